The van der Waals surface area contributed by atoms with Crippen LogP contribution in [0.25, 0.3) is 10.6 Å². The minimum absolute atomic E-state index is 0.0205. The summed E-state index contributed by atoms with van der Waals surface area (Å²) in [4.78, 5) is 21.3. The number of hydrogen-bond donors (Lipinski definition) is 0. The largest absolute Gasteiger partial charge is 0.494 e. The summed E-state index contributed by atoms with van der Waals surface area (Å²) in [6, 6.07) is 7.05. The lowest BCUT2D eigenvalue weighted by Gasteiger charge is -2.34. The number of piperazine rings is 1. The number of methoxy groups -OCH3 is 1. The first-order chi connectivity index (χ1) is 13.6. The van der Waals surface area contributed by atoms with Gasteiger partial charge in [-0.05, 0) is 29.1 Å². The summed E-state index contributed by atoms with van der Waals surface area (Å²) < 4.78 is 18.8. The molecular formula is C20H20FN3O2S2. The van der Waals surface area contributed by atoms with Gasteiger partial charge >= 0.3 is 0 Å². The number of amides is 1. The molecule has 0 unspecified atom stereocenters. The van der Waals surface area contributed by atoms with Gasteiger partial charge in [-0.1, -0.05) is 6.07 Å². The van der Waals surface area contributed by atoms with E-state index >= 15 is 0 Å². The monoisotopic (exact) mass is 417 g/mol. The van der Waals surface area contributed by atoms with Crippen LogP contribution in [0.2, 0.25) is 0 Å². The lowest BCUT2D eigenvalue weighted by atomic mass is 10.1. The van der Waals surface area contributed by atoms with Gasteiger partial charge in [-0.15, -0.1) is 11.3 Å². The van der Waals surface area contributed by atoms with Crippen LogP contribution in [0, 0.1) is 5.82 Å². The highest BCUT2D eigenvalue weighted by molar-refractivity contribution is 7.14. The van der Waals surface area contributed by atoms with E-state index in [9.17, 15) is 9.18 Å². The average Bonchev–Trinajstić information content (AvgIpc) is 3.40. The number of carbonyl (C=O) groups is 1. The zero-order chi connectivity index (χ0) is 19.5. The molecule has 8 heteroatoms. The van der Waals surface area contributed by atoms with Gasteiger partial charge in [-0.3, -0.25) is 9.69 Å². The van der Waals surface area contributed by atoms with Gasteiger partial charge in [-0.2, -0.15) is 11.3 Å². The van der Waals surface area contributed by atoms with Crippen molar-refractivity contribution in [3.05, 3.63) is 57.5 Å². The van der Waals surface area contributed by atoms with Crippen molar-refractivity contribution in [3.8, 4) is 16.3 Å². The molecule has 1 aliphatic heterocycles. The molecule has 0 saturated carbocycles. The summed E-state index contributed by atoms with van der Waals surface area (Å²) in [5.41, 5.74) is 2.47. The van der Waals surface area contributed by atoms with Gasteiger partial charge in [0.15, 0.2) is 11.6 Å². The number of thiazole rings is 1. The SMILES string of the molecule is COc1ccc(CN2CCN(C(=O)c3csc(-c4ccsc4)n3)CC2)cc1F. The molecule has 0 radical (unpaired) electrons. The van der Waals surface area contributed by atoms with Gasteiger partial charge < -0.3 is 9.64 Å². The highest BCUT2D eigenvalue weighted by Gasteiger charge is 2.24. The standard InChI is InChI=1S/C20H20FN3O2S2/c1-26-18-3-2-14(10-16(18)21)11-23-5-7-24(8-6-23)20(25)17-13-28-19(22-17)15-4-9-27-12-15/h2-4,9-10,12-13H,5-8,11H2,1H3. The quantitative estimate of drug-likeness (QED) is 0.630. The lowest BCUT2D eigenvalue weighted by molar-refractivity contribution is 0.0623. The molecule has 3 aromatic rings. The van der Waals surface area contributed by atoms with Gasteiger partial charge in [0, 0.05) is 49.0 Å². The lowest BCUT2D eigenvalue weighted by Crippen LogP contribution is -2.48. The molecular weight excluding hydrogens is 397 g/mol. The Balaban J connectivity index is 1.34. The van der Waals surface area contributed by atoms with Crippen molar-refractivity contribution in [3.63, 3.8) is 0 Å². The number of rotatable bonds is 5. The maximum atomic E-state index is 13.9. The fourth-order valence-electron chi connectivity index (χ4n) is 3.23. The van der Waals surface area contributed by atoms with Crippen LogP contribution in [0.1, 0.15) is 16.1 Å². The smallest absolute Gasteiger partial charge is 0.273 e. The average molecular weight is 418 g/mol. The van der Waals surface area contributed by atoms with Crippen LogP contribution in [-0.4, -0.2) is 54.0 Å². The third kappa shape index (κ3) is 4.09. The second kappa shape index (κ2) is 8.38. The Hall–Kier alpha value is -2.29. The molecule has 0 N–H and O–H groups in total. The molecule has 0 spiro atoms. The van der Waals surface area contributed by atoms with Crippen molar-refractivity contribution < 1.29 is 13.9 Å². The maximum absolute atomic E-state index is 13.9. The molecule has 0 aliphatic carbocycles. The van der Waals surface area contributed by atoms with Crippen LogP contribution >= 0.6 is 22.7 Å². The van der Waals surface area contributed by atoms with Crippen LogP contribution in [0.3, 0.4) is 0 Å². The second-order valence-corrected chi connectivity index (χ2v) is 8.23. The Morgan fingerprint density at radius 3 is 2.71 bits per heavy atom. The fourth-order valence-corrected chi connectivity index (χ4v) is 4.73. The summed E-state index contributed by atoms with van der Waals surface area (Å²) in [6.07, 6.45) is 0. The van der Waals surface area contributed by atoms with Gasteiger partial charge in [0.25, 0.3) is 5.91 Å². The van der Waals surface area contributed by atoms with E-state index in [4.69, 9.17) is 4.74 Å². The minimum Gasteiger partial charge on any atom is -0.494 e. The van der Waals surface area contributed by atoms with Crippen LogP contribution in [0.5, 0.6) is 5.75 Å². The summed E-state index contributed by atoms with van der Waals surface area (Å²) in [5.74, 6) is -0.115. The number of halogens is 1. The number of hydrogen-bond acceptors (Lipinski definition) is 6. The van der Waals surface area contributed by atoms with Crippen LogP contribution in [0.15, 0.2) is 40.4 Å². The first-order valence-corrected chi connectivity index (χ1v) is 10.8. The molecule has 1 aromatic carbocycles. The molecule has 2 aromatic heterocycles. The molecule has 1 amide bonds. The first-order valence-electron chi connectivity index (χ1n) is 8.96. The normalized spacial score (nSPS) is 15.0. The number of thiophene rings is 1. The molecule has 5 nitrogen and oxygen atoms in total. The van der Waals surface area contributed by atoms with Crippen molar-refractivity contribution in [2.75, 3.05) is 33.3 Å². The van der Waals surface area contributed by atoms with E-state index in [1.54, 1.807) is 17.4 Å². The van der Waals surface area contributed by atoms with E-state index < -0.39 is 0 Å². The van der Waals surface area contributed by atoms with Gasteiger partial charge in [0.05, 0.1) is 7.11 Å². The molecule has 1 fully saturated rings. The number of aromatic nitrogens is 1. The summed E-state index contributed by atoms with van der Waals surface area (Å²) in [5, 5.41) is 6.76. The predicted molar refractivity (Wildman–Crippen MR) is 110 cm³/mol. The van der Waals surface area contributed by atoms with Crippen molar-refractivity contribution in [2.24, 2.45) is 0 Å². The van der Waals surface area contributed by atoms with E-state index in [0.717, 1.165) is 29.2 Å². The third-order valence-electron chi connectivity index (χ3n) is 4.77. The molecule has 1 saturated heterocycles. The van der Waals surface area contributed by atoms with E-state index in [1.165, 1.54) is 24.5 Å². The van der Waals surface area contributed by atoms with Crippen LogP contribution < -0.4 is 4.74 Å². The molecule has 0 atom stereocenters. The Morgan fingerprint density at radius 1 is 1.21 bits per heavy atom. The first kappa shape index (κ1) is 19.0. The molecule has 3 heterocycles. The fraction of sp³-hybridized carbons (Fsp3) is 0.300. The van der Waals surface area contributed by atoms with Gasteiger partial charge in [0.2, 0.25) is 0 Å². The number of benzene rings is 1. The molecule has 4 rings (SSSR count). The predicted octanol–water partition coefficient (Wildman–Crippen LogP) is 3.98. The van der Waals surface area contributed by atoms with Crippen LogP contribution in [-0.2, 0) is 6.54 Å². The van der Waals surface area contributed by atoms with Crippen molar-refractivity contribution in [1.29, 1.82) is 0 Å². The second-order valence-electron chi connectivity index (χ2n) is 6.59. The molecule has 1 aliphatic rings. The Labute approximate surface area is 171 Å². The van der Waals surface area contributed by atoms with Crippen molar-refractivity contribution in [1.82, 2.24) is 14.8 Å². The van der Waals surface area contributed by atoms with E-state index in [0.29, 0.717) is 25.3 Å². The number of nitrogens with zero attached hydrogens (tertiary/aromatic N) is 3. The zero-order valence-corrected chi connectivity index (χ0v) is 17.1. The van der Waals surface area contributed by atoms with Gasteiger partial charge in [-0.25, -0.2) is 9.37 Å². The zero-order valence-electron chi connectivity index (χ0n) is 15.4. The van der Waals surface area contributed by atoms with Crippen molar-refractivity contribution >= 4 is 28.6 Å². The number of ether oxygens (including phenoxy) is 1. The summed E-state index contributed by atoms with van der Waals surface area (Å²) in [7, 11) is 1.46. The third-order valence-corrected chi connectivity index (χ3v) is 6.35. The van der Waals surface area contributed by atoms with Crippen molar-refractivity contribution in [2.45, 2.75) is 6.54 Å². The molecule has 28 heavy (non-hydrogen) atoms. The van der Waals surface area contributed by atoms with E-state index in [-0.39, 0.29) is 17.5 Å². The molecule has 0 bridgehead atoms. The highest BCUT2D eigenvalue weighted by atomic mass is 32.1. The topological polar surface area (TPSA) is 45.7 Å². The number of carbonyl (C=O) groups excluding carboxylic acids is 1. The molecule has 146 valence electrons. The van der Waals surface area contributed by atoms with Crippen LogP contribution in [0.4, 0.5) is 4.39 Å². The van der Waals surface area contributed by atoms with E-state index in [2.05, 4.69) is 9.88 Å². The highest BCUT2D eigenvalue weighted by Crippen LogP contribution is 2.26. The summed E-state index contributed by atoms with van der Waals surface area (Å²) >= 11 is 3.12. The minimum atomic E-state index is -0.348. The Morgan fingerprint density at radius 2 is 2.04 bits per heavy atom. The maximum Gasteiger partial charge on any atom is 0.273 e. The van der Waals surface area contributed by atoms with Gasteiger partial charge in [0.1, 0.15) is 10.7 Å². The Kier molecular flexibility index (Phi) is 5.70. The van der Waals surface area contributed by atoms with E-state index in [1.807, 2.05) is 33.2 Å². The summed E-state index contributed by atoms with van der Waals surface area (Å²) in [6.45, 7) is 3.44. The Bertz CT molecular complexity index is 950.